The van der Waals surface area contributed by atoms with Crippen molar-refractivity contribution in [2.24, 2.45) is 5.10 Å². The lowest BCUT2D eigenvalue weighted by molar-refractivity contribution is -0.384. The van der Waals surface area contributed by atoms with E-state index >= 15 is 0 Å². The van der Waals surface area contributed by atoms with Gasteiger partial charge in [0, 0.05) is 12.1 Å². The third-order valence-electron chi connectivity index (χ3n) is 2.70. The van der Waals surface area contributed by atoms with E-state index in [1.165, 1.54) is 48.7 Å². The second-order valence-corrected chi connectivity index (χ2v) is 4.36. The molecule has 2 aromatic rings. The van der Waals surface area contributed by atoms with Gasteiger partial charge >= 0.3 is 0 Å². The van der Waals surface area contributed by atoms with E-state index in [4.69, 9.17) is 4.74 Å². The van der Waals surface area contributed by atoms with E-state index in [1.54, 1.807) is 6.07 Å². The third kappa shape index (κ3) is 4.88. The molecule has 2 rings (SSSR count). The van der Waals surface area contributed by atoms with Crippen molar-refractivity contribution in [3.63, 3.8) is 0 Å². The molecule has 1 amide bonds. The molecule has 0 aliphatic carbocycles. The number of hydrazone groups is 1. The van der Waals surface area contributed by atoms with Crippen molar-refractivity contribution in [3.8, 4) is 5.75 Å². The number of nitro benzene ring substituents is 1. The predicted molar refractivity (Wildman–Crippen MR) is 80.7 cm³/mol. The molecule has 0 unspecified atom stereocenters. The minimum atomic E-state index is -0.564. The predicted octanol–water partition coefficient (Wildman–Crippen LogP) is 2.26. The number of carbonyl (C=O) groups excluding carboxylic acids is 1. The smallest absolute Gasteiger partial charge is 0.277 e. The summed E-state index contributed by atoms with van der Waals surface area (Å²) in [5.74, 6) is -1.15. The summed E-state index contributed by atoms with van der Waals surface area (Å²) >= 11 is 0. The van der Waals surface area contributed by atoms with Gasteiger partial charge in [-0.2, -0.15) is 5.10 Å². The lowest BCUT2D eigenvalue weighted by atomic mass is 10.2. The topological polar surface area (TPSA) is 93.8 Å². The van der Waals surface area contributed by atoms with Gasteiger partial charge in [-0.15, -0.1) is 0 Å². The molecule has 0 fully saturated rings. The molecular formula is C15H12FN3O4. The number of non-ortho nitro benzene ring substituents is 1. The lowest BCUT2D eigenvalue weighted by Gasteiger charge is -2.05. The number of nitrogens with one attached hydrogen (secondary N) is 1. The number of halogens is 1. The molecule has 0 aliphatic heterocycles. The van der Waals surface area contributed by atoms with E-state index in [1.807, 2.05) is 0 Å². The number of para-hydroxylation sites is 1. The maximum atomic E-state index is 13.3. The molecule has 0 aliphatic rings. The normalized spacial score (nSPS) is 10.5. The van der Waals surface area contributed by atoms with Crippen LogP contribution in [-0.2, 0) is 4.79 Å². The Morgan fingerprint density at radius 1 is 1.26 bits per heavy atom. The summed E-state index contributed by atoms with van der Waals surface area (Å²) in [7, 11) is 0. The number of ether oxygens (including phenoxy) is 1. The van der Waals surface area contributed by atoms with Gasteiger partial charge in [0.25, 0.3) is 11.6 Å². The molecule has 0 radical (unpaired) electrons. The Hall–Kier alpha value is -3.29. The van der Waals surface area contributed by atoms with Crippen LogP contribution in [0.2, 0.25) is 0 Å². The first-order valence-electron chi connectivity index (χ1n) is 6.50. The zero-order chi connectivity index (χ0) is 16.7. The van der Waals surface area contributed by atoms with E-state index in [9.17, 15) is 19.3 Å². The highest BCUT2D eigenvalue weighted by atomic mass is 19.1. The van der Waals surface area contributed by atoms with Crippen LogP contribution in [-0.4, -0.2) is 23.7 Å². The van der Waals surface area contributed by atoms with Crippen LogP contribution in [0, 0.1) is 15.9 Å². The van der Waals surface area contributed by atoms with E-state index in [2.05, 4.69) is 10.5 Å². The Kier molecular flexibility index (Phi) is 5.35. The van der Waals surface area contributed by atoms with Crippen molar-refractivity contribution in [3.05, 3.63) is 70.0 Å². The Balaban J connectivity index is 1.82. The Labute approximate surface area is 130 Å². The molecule has 0 spiro atoms. The van der Waals surface area contributed by atoms with Gasteiger partial charge in [0.1, 0.15) is 0 Å². The van der Waals surface area contributed by atoms with Gasteiger partial charge in [-0.25, -0.2) is 9.82 Å². The lowest BCUT2D eigenvalue weighted by Crippen LogP contribution is -2.24. The highest BCUT2D eigenvalue weighted by Crippen LogP contribution is 2.14. The zero-order valence-electron chi connectivity index (χ0n) is 11.8. The zero-order valence-corrected chi connectivity index (χ0v) is 11.8. The average Bonchev–Trinajstić information content (AvgIpc) is 2.54. The van der Waals surface area contributed by atoms with Crippen LogP contribution >= 0.6 is 0 Å². The Morgan fingerprint density at radius 2 is 1.96 bits per heavy atom. The Bertz CT molecular complexity index is 732. The maximum absolute atomic E-state index is 13.3. The molecule has 2 aromatic carbocycles. The molecule has 7 nitrogen and oxygen atoms in total. The van der Waals surface area contributed by atoms with Gasteiger partial charge in [-0.3, -0.25) is 14.9 Å². The maximum Gasteiger partial charge on any atom is 0.277 e. The highest BCUT2D eigenvalue weighted by molar-refractivity contribution is 5.83. The fourth-order valence-corrected chi connectivity index (χ4v) is 1.60. The molecule has 0 atom stereocenters. The number of hydrogen-bond donors (Lipinski definition) is 1. The van der Waals surface area contributed by atoms with E-state index in [-0.39, 0.29) is 11.4 Å². The number of amides is 1. The molecule has 118 valence electrons. The minimum Gasteiger partial charge on any atom is -0.481 e. The molecule has 0 aromatic heterocycles. The first-order chi connectivity index (χ1) is 11.1. The fourth-order valence-electron chi connectivity index (χ4n) is 1.60. The molecular weight excluding hydrogens is 305 g/mol. The number of nitrogens with zero attached hydrogens (tertiary/aromatic N) is 2. The molecule has 1 N–H and O–H groups in total. The van der Waals surface area contributed by atoms with Gasteiger partial charge in [-0.1, -0.05) is 12.1 Å². The molecule has 23 heavy (non-hydrogen) atoms. The van der Waals surface area contributed by atoms with Crippen molar-refractivity contribution in [2.45, 2.75) is 0 Å². The molecule has 0 saturated carbocycles. The second-order valence-electron chi connectivity index (χ2n) is 4.36. The van der Waals surface area contributed by atoms with Crippen LogP contribution in [0.1, 0.15) is 5.56 Å². The first kappa shape index (κ1) is 16.1. The summed E-state index contributed by atoms with van der Waals surface area (Å²) in [6, 6.07) is 11.4. The van der Waals surface area contributed by atoms with Gasteiger partial charge < -0.3 is 4.74 Å². The molecule has 0 bridgehead atoms. The Morgan fingerprint density at radius 3 is 2.61 bits per heavy atom. The molecule has 0 saturated heterocycles. The summed E-state index contributed by atoms with van der Waals surface area (Å²) in [4.78, 5) is 21.5. The summed E-state index contributed by atoms with van der Waals surface area (Å²) in [6.07, 6.45) is 1.32. The van der Waals surface area contributed by atoms with E-state index in [0.717, 1.165) is 0 Å². The summed E-state index contributed by atoms with van der Waals surface area (Å²) in [6.45, 7) is -0.390. The number of carbonyl (C=O) groups is 1. The summed E-state index contributed by atoms with van der Waals surface area (Å²) < 4.78 is 18.3. The van der Waals surface area contributed by atoms with Crippen molar-refractivity contribution < 1.29 is 18.8 Å². The van der Waals surface area contributed by atoms with E-state index in [0.29, 0.717) is 5.56 Å². The SMILES string of the molecule is O=C(COc1ccccc1F)N/N=C/c1ccc([N+](=O)[O-])cc1. The van der Waals surface area contributed by atoms with Crippen LogP contribution in [0.15, 0.2) is 53.6 Å². The van der Waals surface area contributed by atoms with Crippen molar-refractivity contribution in [2.75, 3.05) is 6.61 Å². The molecule has 8 heteroatoms. The third-order valence-corrected chi connectivity index (χ3v) is 2.70. The van der Waals surface area contributed by atoms with Crippen LogP contribution in [0.5, 0.6) is 5.75 Å². The van der Waals surface area contributed by atoms with Gasteiger partial charge in [0.05, 0.1) is 11.1 Å². The van der Waals surface area contributed by atoms with Crippen LogP contribution in [0.3, 0.4) is 0 Å². The monoisotopic (exact) mass is 317 g/mol. The van der Waals surface area contributed by atoms with Crippen molar-refractivity contribution >= 4 is 17.8 Å². The number of rotatable bonds is 6. The highest BCUT2D eigenvalue weighted by Gasteiger charge is 2.05. The minimum absolute atomic E-state index is 0.0259. The van der Waals surface area contributed by atoms with Crippen molar-refractivity contribution in [1.82, 2.24) is 5.43 Å². The average molecular weight is 317 g/mol. The largest absolute Gasteiger partial charge is 0.481 e. The second kappa shape index (κ2) is 7.64. The quantitative estimate of drug-likeness (QED) is 0.502. The standard InChI is InChI=1S/C15H12FN3O4/c16-13-3-1-2-4-14(13)23-10-15(20)18-17-9-11-5-7-12(8-6-11)19(21)22/h1-9H,10H2,(H,18,20)/b17-9+. The van der Waals surface area contributed by atoms with Crippen LogP contribution < -0.4 is 10.2 Å². The van der Waals surface area contributed by atoms with Crippen LogP contribution in [0.4, 0.5) is 10.1 Å². The molecule has 0 heterocycles. The number of hydrogen-bond acceptors (Lipinski definition) is 5. The van der Waals surface area contributed by atoms with Crippen molar-refractivity contribution in [1.29, 1.82) is 0 Å². The first-order valence-corrected chi connectivity index (χ1v) is 6.50. The van der Waals surface area contributed by atoms with Gasteiger partial charge in [0.2, 0.25) is 0 Å². The van der Waals surface area contributed by atoms with E-state index < -0.39 is 23.3 Å². The number of benzene rings is 2. The van der Waals surface area contributed by atoms with Gasteiger partial charge in [-0.05, 0) is 29.8 Å². The fraction of sp³-hybridized carbons (Fsp3) is 0.0667. The van der Waals surface area contributed by atoms with Crippen LogP contribution in [0.25, 0.3) is 0 Å². The summed E-state index contributed by atoms with van der Waals surface area (Å²) in [5.41, 5.74) is 2.74. The number of nitro groups is 1. The van der Waals surface area contributed by atoms with Gasteiger partial charge in [0.15, 0.2) is 18.2 Å². The summed E-state index contributed by atoms with van der Waals surface area (Å²) in [5, 5.41) is 14.2.